The summed E-state index contributed by atoms with van der Waals surface area (Å²) in [6, 6.07) is 27.8. The van der Waals surface area contributed by atoms with E-state index in [0.717, 1.165) is 29.5 Å². The lowest BCUT2D eigenvalue weighted by molar-refractivity contribution is -0.142. The highest BCUT2D eigenvalue weighted by molar-refractivity contribution is 7.89. The molecule has 0 heterocycles. The van der Waals surface area contributed by atoms with Crippen LogP contribution in [-0.2, 0) is 31.2 Å². The topological polar surface area (TPSA) is 173 Å². The number of nitrogens with one attached hydrogen (secondary N) is 1. The third kappa shape index (κ3) is 9.36. The molecule has 1 aliphatic carbocycles. The molecule has 0 spiro atoms. The van der Waals surface area contributed by atoms with Crippen LogP contribution in [0.25, 0.3) is 16.5 Å². The molecule has 0 radical (unpaired) electrons. The van der Waals surface area contributed by atoms with Crippen molar-refractivity contribution >= 4 is 43.8 Å². The van der Waals surface area contributed by atoms with Crippen LogP contribution >= 0.6 is 0 Å². The van der Waals surface area contributed by atoms with Crippen LogP contribution in [0.15, 0.2) is 118 Å². The van der Waals surface area contributed by atoms with Gasteiger partial charge in [-0.05, 0) is 93.2 Å². The number of carbonyl (C=O) groups is 1. The summed E-state index contributed by atoms with van der Waals surface area (Å²) in [5, 5.41) is 33.0. The fourth-order valence-electron chi connectivity index (χ4n) is 7.77. The van der Waals surface area contributed by atoms with Crippen LogP contribution < -0.4 is 19.9 Å². The van der Waals surface area contributed by atoms with Gasteiger partial charge in [-0.15, -0.1) is 5.11 Å². The highest BCUT2D eigenvalue weighted by Crippen LogP contribution is 2.45. The normalized spacial score (nSPS) is 17.5. The Labute approximate surface area is 366 Å². The molecule has 12 heteroatoms. The van der Waals surface area contributed by atoms with E-state index in [0.29, 0.717) is 28.8 Å². The van der Waals surface area contributed by atoms with E-state index in [2.05, 4.69) is 68.6 Å². The lowest BCUT2D eigenvalue weighted by Gasteiger charge is -2.38. The number of phenols is 1. The molecular weight excluding hydrogens is 801 g/mol. The molecule has 328 valence electrons. The second-order valence-electron chi connectivity index (χ2n) is 17.8. The van der Waals surface area contributed by atoms with Crippen LogP contribution in [0.5, 0.6) is 17.2 Å². The summed E-state index contributed by atoms with van der Waals surface area (Å²) in [7, 11) is -4.19. The first-order valence-electron chi connectivity index (χ1n) is 21.3. The van der Waals surface area contributed by atoms with Crippen molar-refractivity contribution in [2.75, 3.05) is 0 Å². The average molecular weight is 861 g/mol. The molecule has 0 saturated heterocycles. The van der Waals surface area contributed by atoms with Gasteiger partial charge in [0.2, 0.25) is 0 Å². The number of fused-ring (bicyclic) bond motifs is 2. The zero-order valence-electron chi connectivity index (χ0n) is 37.2. The van der Waals surface area contributed by atoms with Gasteiger partial charge in [0.1, 0.15) is 17.2 Å². The molecule has 3 unspecified atom stereocenters. The maximum atomic E-state index is 14.0. The third-order valence-corrected chi connectivity index (χ3v) is 13.7. The molecule has 5 aromatic carbocycles. The number of aliphatic hydroxyl groups is 1. The van der Waals surface area contributed by atoms with E-state index >= 15 is 0 Å². The van der Waals surface area contributed by atoms with Crippen LogP contribution in [0.1, 0.15) is 110 Å². The van der Waals surface area contributed by atoms with Gasteiger partial charge in [0.15, 0.2) is 11.4 Å². The van der Waals surface area contributed by atoms with Gasteiger partial charge in [-0.3, -0.25) is 9.52 Å². The summed E-state index contributed by atoms with van der Waals surface area (Å²) in [5.41, 5.74) is 7.36. The molecule has 0 saturated carbocycles. The van der Waals surface area contributed by atoms with Crippen LogP contribution in [0.2, 0.25) is 0 Å². The van der Waals surface area contributed by atoms with Gasteiger partial charge in [0.25, 0.3) is 15.9 Å². The monoisotopic (exact) mass is 860 g/mol. The number of azo groups is 1. The first-order chi connectivity index (χ1) is 29.2. The highest BCUT2D eigenvalue weighted by Gasteiger charge is 2.48. The van der Waals surface area contributed by atoms with Crippen molar-refractivity contribution in [2.24, 2.45) is 21.9 Å². The lowest BCUT2D eigenvalue weighted by atomic mass is 9.72. The maximum Gasteiger partial charge on any atom is 0.261 e. The Morgan fingerprint density at radius 1 is 0.839 bits per heavy atom. The lowest BCUT2D eigenvalue weighted by Crippen LogP contribution is -2.49. The Balaban J connectivity index is 1.24. The Kier molecular flexibility index (Phi) is 13.3. The summed E-state index contributed by atoms with van der Waals surface area (Å²) >= 11 is 0. The zero-order chi connectivity index (χ0) is 45.2. The van der Waals surface area contributed by atoms with Crippen LogP contribution in [-0.4, -0.2) is 36.7 Å². The van der Waals surface area contributed by atoms with E-state index in [1.165, 1.54) is 29.8 Å². The summed E-state index contributed by atoms with van der Waals surface area (Å²) in [6.07, 6.45) is 3.72. The van der Waals surface area contributed by atoms with Crippen LogP contribution in [0, 0.1) is 5.92 Å². The molecule has 6 rings (SSSR count). The van der Waals surface area contributed by atoms with Gasteiger partial charge in [0, 0.05) is 39.4 Å². The number of rotatable bonds is 17. The van der Waals surface area contributed by atoms with Gasteiger partial charge < -0.3 is 25.4 Å². The number of nitrogens with two attached hydrogens (primary N) is 1. The second kappa shape index (κ2) is 17.9. The van der Waals surface area contributed by atoms with E-state index in [4.69, 9.17) is 15.2 Å². The van der Waals surface area contributed by atoms with Crippen molar-refractivity contribution in [2.45, 2.75) is 122 Å². The quantitative estimate of drug-likeness (QED) is 0.0673. The molecular formula is C50H60N4O7S. The average Bonchev–Trinajstić information content (AvgIpc) is 3.24. The van der Waals surface area contributed by atoms with E-state index < -0.39 is 27.4 Å². The first kappa shape index (κ1) is 45.8. The predicted octanol–water partition coefficient (Wildman–Crippen LogP) is 11.0. The molecule has 1 aliphatic rings. The number of phenolic OH excluding ortho intramolecular Hbond substituents is 1. The number of nitrogens with zero attached hydrogens (tertiary/aromatic N) is 2. The SMILES string of the molecule is CCC(C)(C)c1ccc(OC(C)CCC2C=C(NS(=O)(=O)c3ccc(N=Nc4cc(OC(C)C)c5ccccc5c4O)cc3)c3ccccc3C2(O)C(N)=O)c(C(C)(C)CC)c1. The summed E-state index contributed by atoms with van der Waals surface area (Å²) in [4.78, 5) is 13.1. The predicted molar refractivity (Wildman–Crippen MR) is 246 cm³/mol. The number of benzene rings is 5. The largest absolute Gasteiger partial charge is 0.505 e. The molecule has 3 atom stereocenters. The zero-order valence-corrected chi connectivity index (χ0v) is 38.0. The van der Waals surface area contributed by atoms with E-state index in [1.54, 1.807) is 42.5 Å². The minimum Gasteiger partial charge on any atom is -0.505 e. The van der Waals surface area contributed by atoms with Crippen molar-refractivity contribution < 1.29 is 32.9 Å². The fourth-order valence-corrected chi connectivity index (χ4v) is 8.85. The van der Waals surface area contributed by atoms with Crippen LogP contribution in [0.3, 0.4) is 0 Å². The Morgan fingerprint density at radius 3 is 2.13 bits per heavy atom. The van der Waals surface area contributed by atoms with Crippen molar-refractivity contribution in [3.63, 3.8) is 0 Å². The van der Waals surface area contributed by atoms with Gasteiger partial charge in [-0.2, -0.15) is 5.11 Å². The Bertz CT molecular complexity index is 2620. The maximum absolute atomic E-state index is 14.0. The number of sulfonamides is 1. The van der Waals surface area contributed by atoms with Gasteiger partial charge in [-0.25, -0.2) is 8.42 Å². The Morgan fingerprint density at radius 2 is 1.48 bits per heavy atom. The van der Waals surface area contributed by atoms with Crippen molar-refractivity contribution in [1.29, 1.82) is 0 Å². The molecule has 62 heavy (non-hydrogen) atoms. The summed E-state index contributed by atoms with van der Waals surface area (Å²) in [5.74, 6) is -0.546. The number of amides is 1. The third-order valence-electron chi connectivity index (χ3n) is 12.4. The van der Waals surface area contributed by atoms with E-state index in [-0.39, 0.29) is 57.1 Å². The number of carbonyl (C=O) groups excluding carboxylic acids is 1. The smallest absolute Gasteiger partial charge is 0.261 e. The van der Waals surface area contributed by atoms with Crippen molar-refractivity contribution in [3.05, 3.63) is 125 Å². The minimum absolute atomic E-state index is 0.000884. The number of aromatic hydroxyl groups is 1. The first-order valence-corrected chi connectivity index (χ1v) is 22.8. The number of primary amides is 1. The second-order valence-corrected chi connectivity index (χ2v) is 19.5. The molecule has 11 nitrogen and oxygen atoms in total. The molecule has 0 aliphatic heterocycles. The van der Waals surface area contributed by atoms with Gasteiger partial charge in [0.05, 0.1) is 28.5 Å². The minimum atomic E-state index is -4.19. The van der Waals surface area contributed by atoms with E-state index in [1.807, 2.05) is 45.0 Å². The van der Waals surface area contributed by atoms with Crippen molar-refractivity contribution in [3.8, 4) is 17.2 Å². The molecule has 0 fully saturated rings. The number of hydrogen-bond donors (Lipinski definition) is 4. The van der Waals surface area contributed by atoms with Gasteiger partial charge >= 0.3 is 0 Å². The molecule has 0 bridgehead atoms. The van der Waals surface area contributed by atoms with Gasteiger partial charge in [-0.1, -0.05) is 108 Å². The van der Waals surface area contributed by atoms with Crippen molar-refractivity contribution in [1.82, 2.24) is 4.72 Å². The fraction of sp³-hybridized carbons (Fsp3) is 0.380. The highest BCUT2D eigenvalue weighted by atomic mass is 32.2. The molecule has 5 aromatic rings. The summed E-state index contributed by atoms with van der Waals surface area (Å²) < 4.78 is 43.3. The Hall–Kier alpha value is -5.72. The van der Waals surface area contributed by atoms with Crippen LogP contribution in [0.4, 0.5) is 11.4 Å². The molecule has 0 aromatic heterocycles. The number of hydrogen-bond acceptors (Lipinski definition) is 9. The number of ether oxygens (including phenoxy) is 2. The summed E-state index contributed by atoms with van der Waals surface area (Å²) in [6.45, 7) is 19.0. The molecule has 5 N–H and O–H groups in total. The van der Waals surface area contributed by atoms with E-state index in [9.17, 15) is 23.4 Å². The molecule has 1 amide bonds. The standard InChI is InChI=1S/C50H60N4O7S/c1-10-48(6,7)33-22-27-44(41(28-33)49(8,9)11-2)61-32(5)20-21-34-29-42(39-18-14-15-19-40(39)50(34,57)47(51)56)54-62(58,59)36-25-23-35(24-26-36)52-53-43-30-45(60-31(3)4)37-16-12-13-17-38(37)46(43)55/h12-19,22-32,34,54-55,57H,10-11,20-21H2,1-9H3,(H2,51,56).